The monoisotopic (exact) mass is 456 g/mol. The van der Waals surface area contributed by atoms with Gasteiger partial charge < -0.3 is 0 Å². The predicted molar refractivity (Wildman–Crippen MR) is 106 cm³/mol. The molecule has 3 aromatic carbocycles. The van der Waals surface area contributed by atoms with Gasteiger partial charge in [-0.2, -0.15) is 13.2 Å². The summed E-state index contributed by atoms with van der Waals surface area (Å²) in [5.74, 6) is 0. The Hall–Kier alpha value is -3.05. The van der Waals surface area contributed by atoms with Crippen LogP contribution in [0.25, 0.3) is 0 Å². The Morgan fingerprint density at radius 3 is 1.70 bits per heavy atom. The number of nitrogens with one attached hydrogen (secondary N) is 2. The SMILES string of the molecule is O=S(=O)(Nc1ccc(S(=O)(=O)Nc2cccc(C(F)(F)F)c2)cc1)c1ccccc1. The van der Waals surface area contributed by atoms with Crippen LogP contribution in [-0.2, 0) is 26.2 Å². The molecule has 0 fully saturated rings. The molecule has 0 aliphatic heterocycles. The van der Waals surface area contributed by atoms with Gasteiger partial charge in [0.1, 0.15) is 0 Å². The fourth-order valence-electron chi connectivity index (χ4n) is 2.49. The van der Waals surface area contributed by atoms with Gasteiger partial charge in [-0.15, -0.1) is 0 Å². The van der Waals surface area contributed by atoms with Gasteiger partial charge in [-0.05, 0) is 54.6 Å². The van der Waals surface area contributed by atoms with Gasteiger partial charge in [-0.1, -0.05) is 24.3 Å². The molecular weight excluding hydrogens is 441 g/mol. The second-order valence-corrected chi connectivity index (χ2v) is 9.49. The minimum Gasteiger partial charge on any atom is -0.280 e. The summed E-state index contributed by atoms with van der Waals surface area (Å²) >= 11 is 0. The number of hydrogen-bond acceptors (Lipinski definition) is 4. The number of halogens is 3. The highest BCUT2D eigenvalue weighted by Crippen LogP contribution is 2.31. The van der Waals surface area contributed by atoms with E-state index < -0.39 is 31.8 Å². The van der Waals surface area contributed by atoms with Crippen LogP contribution in [0.1, 0.15) is 5.56 Å². The highest BCUT2D eigenvalue weighted by molar-refractivity contribution is 7.93. The van der Waals surface area contributed by atoms with E-state index in [-0.39, 0.29) is 21.2 Å². The molecule has 0 spiro atoms. The van der Waals surface area contributed by atoms with E-state index in [2.05, 4.69) is 9.44 Å². The second kappa shape index (κ2) is 8.00. The number of anilines is 2. The molecule has 30 heavy (non-hydrogen) atoms. The Balaban J connectivity index is 1.79. The third-order valence-electron chi connectivity index (χ3n) is 3.91. The molecule has 0 unspecified atom stereocenters. The van der Waals surface area contributed by atoms with Gasteiger partial charge in [0.25, 0.3) is 20.0 Å². The first-order valence-corrected chi connectivity index (χ1v) is 11.3. The van der Waals surface area contributed by atoms with Crippen LogP contribution in [0, 0.1) is 0 Å². The molecule has 0 heterocycles. The molecule has 158 valence electrons. The topological polar surface area (TPSA) is 92.3 Å². The fourth-order valence-corrected chi connectivity index (χ4v) is 4.62. The van der Waals surface area contributed by atoms with Crippen LogP contribution < -0.4 is 9.44 Å². The van der Waals surface area contributed by atoms with E-state index in [4.69, 9.17) is 0 Å². The highest BCUT2D eigenvalue weighted by atomic mass is 32.2. The van der Waals surface area contributed by atoms with Crippen LogP contribution in [0.3, 0.4) is 0 Å². The Morgan fingerprint density at radius 1 is 0.600 bits per heavy atom. The number of hydrogen-bond donors (Lipinski definition) is 2. The summed E-state index contributed by atoms with van der Waals surface area (Å²) < 4.78 is 92.3. The number of sulfonamides is 2. The maximum atomic E-state index is 12.8. The Labute approximate surface area is 171 Å². The average Bonchev–Trinajstić information content (AvgIpc) is 2.68. The van der Waals surface area contributed by atoms with E-state index in [1.165, 1.54) is 30.3 Å². The summed E-state index contributed by atoms with van der Waals surface area (Å²) in [6, 6.07) is 16.1. The van der Waals surface area contributed by atoms with Crippen molar-refractivity contribution in [2.75, 3.05) is 9.44 Å². The van der Waals surface area contributed by atoms with Crippen LogP contribution in [0.2, 0.25) is 0 Å². The Kier molecular flexibility index (Phi) is 5.77. The third-order valence-corrected chi connectivity index (χ3v) is 6.71. The summed E-state index contributed by atoms with van der Waals surface area (Å²) in [7, 11) is -8.03. The van der Waals surface area contributed by atoms with E-state index in [0.29, 0.717) is 6.07 Å². The van der Waals surface area contributed by atoms with Crippen LogP contribution in [0.4, 0.5) is 24.5 Å². The molecule has 0 saturated carbocycles. The molecule has 2 N–H and O–H groups in total. The van der Waals surface area contributed by atoms with Gasteiger partial charge in [0.2, 0.25) is 0 Å². The van der Waals surface area contributed by atoms with Crippen LogP contribution in [0.5, 0.6) is 0 Å². The van der Waals surface area contributed by atoms with E-state index in [0.717, 1.165) is 24.3 Å². The smallest absolute Gasteiger partial charge is 0.280 e. The molecule has 0 aromatic heterocycles. The van der Waals surface area contributed by atoms with Crippen molar-refractivity contribution in [1.29, 1.82) is 0 Å². The number of benzene rings is 3. The zero-order valence-corrected chi connectivity index (χ0v) is 16.7. The minimum atomic E-state index is -4.61. The number of rotatable bonds is 6. The number of alkyl halides is 3. The molecule has 0 atom stereocenters. The molecule has 6 nitrogen and oxygen atoms in total. The Bertz CT molecular complexity index is 1240. The minimum absolute atomic E-state index is 0.0351. The lowest BCUT2D eigenvalue weighted by Gasteiger charge is -2.12. The van der Waals surface area contributed by atoms with Gasteiger partial charge in [0, 0.05) is 11.4 Å². The first-order chi connectivity index (χ1) is 14.0. The van der Waals surface area contributed by atoms with Gasteiger partial charge in [0.15, 0.2) is 0 Å². The zero-order valence-electron chi connectivity index (χ0n) is 15.1. The van der Waals surface area contributed by atoms with Crippen LogP contribution in [-0.4, -0.2) is 16.8 Å². The quantitative estimate of drug-likeness (QED) is 0.578. The van der Waals surface area contributed by atoms with Crippen molar-refractivity contribution in [1.82, 2.24) is 0 Å². The molecule has 3 aromatic rings. The average molecular weight is 456 g/mol. The second-order valence-electron chi connectivity index (χ2n) is 6.13. The lowest BCUT2D eigenvalue weighted by molar-refractivity contribution is -0.137. The highest BCUT2D eigenvalue weighted by Gasteiger charge is 2.30. The lowest BCUT2D eigenvalue weighted by Crippen LogP contribution is -2.15. The van der Waals surface area contributed by atoms with Gasteiger partial charge in [-0.3, -0.25) is 9.44 Å². The van der Waals surface area contributed by atoms with Crippen molar-refractivity contribution in [3.63, 3.8) is 0 Å². The normalized spacial score (nSPS) is 12.4. The van der Waals surface area contributed by atoms with E-state index in [9.17, 15) is 30.0 Å². The molecule has 0 saturated heterocycles. The molecule has 0 bridgehead atoms. The molecular formula is C19H15F3N2O4S2. The molecule has 11 heteroatoms. The predicted octanol–water partition coefficient (Wildman–Crippen LogP) is 4.31. The van der Waals surface area contributed by atoms with Crippen molar-refractivity contribution in [3.8, 4) is 0 Å². The van der Waals surface area contributed by atoms with Crippen LogP contribution in [0.15, 0.2) is 88.7 Å². The fraction of sp³-hybridized carbons (Fsp3) is 0.0526. The van der Waals surface area contributed by atoms with Gasteiger partial charge in [-0.25, -0.2) is 16.8 Å². The molecule has 0 radical (unpaired) electrons. The molecule has 0 aliphatic rings. The summed E-state index contributed by atoms with van der Waals surface area (Å²) in [6.45, 7) is 0. The van der Waals surface area contributed by atoms with E-state index in [1.807, 2.05) is 0 Å². The molecule has 3 rings (SSSR count). The van der Waals surface area contributed by atoms with Crippen molar-refractivity contribution in [2.45, 2.75) is 16.0 Å². The van der Waals surface area contributed by atoms with E-state index in [1.54, 1.807) is 18.2 Å². The van der Waals surface area contributed by atoms with Crippen molar-refractivity contribution < 1.29 is 30.0 Å². The van der Waals surface area contributed by atoms with Crippen molar-refractivity contribution in [2.24, 2.45) is 0 Å². The standard InChI is InChI=1S/C19H15F3N2O4S2/c20-19(21,22)14-5-4-6-16(13-14)24-30(27,28)18-11-9-15(10-12-18)23-29(25,26)17-7-2-1-3-8-17/h1-13,23-24H. The van der Waals surface area contributed by atoms with Crippen molar-refractivity contribution >= 4 is 31.4 Å². The maximum Gasteiger partial charge on any atom is 0.416 e. The van der Waals surface area contributed by atoms with Gasteiger partial charge >= 0.3 is 6.18 Å². The van der Waals surface area contributed by atoms with Crippen molar-refractivity contribution in [3.05, 3.63) is 84.4 Å². The summed E-state index contributed by atoms with van der Waals surface area (Å²) in [6.07, 6.45) is -4.61. The molecule has 0 amide bonds. The van der Waals surface area contributed by atoms with Crippen LogP contribution >= 0.6 is 0 Å². The lowest BCUT2D eigenvalue weighted by atomic mass is 10.2. The van der Waals surface area contributed by atoms with Gasteiger partial charge in [0.05, 0.1) is 15.4 Å². The largest absolute Gasteiger partial charge is 0.416 e. The Morgan fingerprint density at radius 2 is 1.13 bits per heavy atom. The first kappa shape index (κ1) is 21.7. The first-order valence-electron chi connectivity index (χ1n) is 8.35. The zero-order chi connectivity index (χ0) is 22.0. The summed E-state index contributed by atoms with van der Waals surface area (Å²) in [5.41, 5.74) is -1.12. The summed E-state index contributed by atoms with van der Waals surface area (Å²) in [5, 5.41) is 0. The third kappa shape index (κ3) is 5.10. The van der Waals surface area contributed by atoms with E-state index >= 15 is 0 Å². The molecule has 0 aliphatic carbocycles. The summed E-state index contributed by atoms with van der Waals surface area (Å²) in [4.78, 5) is -0.213. The maximum absolute atomic E-state index is 12.8.